The number of urea groups is 1. The highest BCUT2D eigenvalue weighted by molar-refractivity contribution is 5.89. The van der Waals surface area contributed by atoms with Crippen LogP contribution in [0.25, 0.3) is 0 Å². The molecule has 0 radical (unpaired) electrons. The normalized spacial score (nSPS) is 15.4. The van der Waals surface area contributed by atoms with Gasteiger partial charge >= 0.3 is 6.03 Å². The number of likely N-dealkylation sites (tertiary alicyclic amines) is 1. The van der Waals surface area contributed by atoms with Gasteiger partial charge < -0.3 is 20.9 Å². The van der Waals surface area contributed by atoms with Gasteiger partial charge in [-0.2, -0.15) is 0 Å². The van der Waals surface area contributed by atoms with Crippen LogP contribution in [0.4, 0.5) is 10.5 Å². The second-order valence-corrected chi connectivity index (χ2v) is 7.55. The molecule has 1 aliphatic heterocycles. The zero-order chi connectivity index (χ0) is 20.2. The molecule has 1 heterocycles. The number of benzene rings is 1. The molecule has 156 valence electrons. The van der Waals surface area contributed by atoms with Gasteiger partial charge in [0, 0.05) is 38.9 Å². The minimum atomic E-state index is -0.00206. The van der Waals surface area contributed by atoms with E-state index in [1.807, 2.05) is 23.1 Å². The molecule has 3 N–H and O–H groups in total. The number of amides is 2. The van der Waals surface area contributed by atoms with Crippen LogP contribution in [0.5, 0.6) is 0 Å². The number of unbranched alkanes of at least 4 members (excludes halogenated alkanes) is 1. The summed E-state index contributed by atoms with van der Waals surface area (Å²) in [5.41, 5.74) is 1.95. The van der Waals surface area contributed by atoms with E-state index < -0.39 is 0 Å². The van der Waals surface area contributed by atoms with E-state index in [0.29, 0.717) is 12.5 Å². The van der Waals surface area contributed by atoms with Crippen LogP contribution in [0, 0.1) is 5.92 Å². The molecule has 1 fully saturated rings. The number of anilines is 1. The molecule has 1 atom stereocenters. The lowest BCUT2D eigenvalue weighted by atomic mass is 9.99. The molecule has 0 spiro atoms. The van der Waals surface area contributed by atoms with Gasteiger partial charge in [-0.15, -0.1) is 0 Å². The van der Waals surface area contributed by atoms with E-state index in [4.69, 9.17) is 0 Å². The summed E-state index contributed by atoms with van der Waals surface area (Å²) in [5, 5.41) is 9.83. The molecule has 0 aromatic heterocycles. The van der Waals surface area contributed by atoms with E-state index in [9.17, 15) is 4.79 Å². The van der Waals surface area contributed by atoms with E-state index in [1.165, 1.54) is 25.7 Å². The maximum absolute atomic E-state index is 12.3. The first-order chi connectivity index (χ1) is 13.7. The average molecular weight is 388 g/mol. The minimum Gasteiger partial charge on any atom is -0.356 e. The van der Waals surface area contributed by atoms with Gasteiger partial charge in [0.1, 0.15) is 0 Å². The molecule has 0 bridgehead atoms. The van der Waals surface area contributed by atoms with Gasteiger partial charge in [-0.3, -0.25) is 4.99 Å². The predicted octanol–water partition coefficient (Wildman–Crippen LogP) is 4.20. The number of carbonyl (C=O) groups is 1. The second kappa shape index (κ2) is 12.3. The number of aliphatic imine (C=N–C) groups is 1. The Morgan fingerprint density at radius 3 is 2.68 bits per heavy atom. The summed E-state index contributed by atoms with van der Waals surface area (Å²) in [7, 11) is 1.80. The largest absolute Gasteiger partial charge is 0.356 e. The van der Waals surface area contributed by atoms with Crippen LogP contribution in [0.1, 0.15) is 57.9 Å². The van der Waals surface area contributed by atoms with Gasteiger partial charge in [0.05, 0.1) is 0 Å². The van der Waals surface area contributed by atoms with Gasteiger partial charge in [0.2, 0.25) is 0 Å². The first-order valence-corrected chi connectivity index (χ1v) is 10.8. The maximum Gasteiger partial charge on any atom is 0.321 e. The number of guanidine groups is 1. The maximum atomic E-state index is 12.3. The lowest BCUT2D eigenvalue weighted by Gasteiger charge is -2.18. The summed E-state index contributed by atoms with van der Waals surface area (Å²) in [4.78, 5) is 18.5. The standard InChI is InChI=1S/C22H37N5O/c1-4-6-10-18(5-2)16-24-21(23-3)25-17-19-11-9-12-20(15-19)26-22(28)27-13-7-8-14-27/h9,11-12,15,18H,4-8,10,13-14,16-17H2,1-3H3,(H,26,28)(H2,23,24,25). The number of rotatable bonds is 9. The quantitative estimate of drug-likeness (QED) is 0.439. The molecule has 28 heavy (non-hydrogen) atoms. The van der Waals surface area contributed by atoms with Gasteiger partial charge in [-0.1, -0.05) is 45.2 Å². The number of hydrogen-bond donors (Lipinski definition) is 3. The van der Waals surface area contributed by atoms with Crippen molar-refractivity contribution in [3.05, 3.63) is 29.8 Å². The fourth-order valence-corrected chi connectivity index (χ4v) is 3.47. The molecule has 6 nitrogen and oxygen atoms in total. The SMILES string of the molecule is CCCCC(CC)CNC(=NC)NCc1cccc(NC(=O)N2CCCC2)c1. The van der Waals surface area contributed by atoms with Crippen LogP contribution in [0.3, 0.4) is 0 Å². The summed E-state index contributed by atoms with van der Waals surface area (Å²) < 4.78 is 0. The number of hydrogen-bond acceptors (Lipinski definition) is 2. The van der Waals surface area contributed by atoms with Crippen molar-refractivity contribution in [3.63, 3.8) is 0 Å². The molecule has 1 unspecified atom stereocenters. The molecule has 2 rings (SSSR count). The molecule has 1 saturated heterocycles. The monoisotopic (exact) mass is 387 g/mol. The highest BCUT2D eigenvalue weighted by atomic mass is 16.2. The van der Waals surface area contributed by atoms with E-state index in [-0.39, 0.29) is 6.03 Å². The molecule has 1 aliphatic rings. The van der Waals surface area contributed by atoms with Crippen molar-refractivity contribution in [2.75, 3.05) is 32.0 Å². The third-order valence-corrected chi connectivity index (χ3v) is 5.36. The van der Waals surface area contributed by atoms with Gasteiger partial charge in [-0.05, 0) is 42.9 Å². The summed E-state index contributed by atoms with van der Waals surface area (Å²) in [5.74, 6) is 1.50. The van der Waals surface area contributed by atoms with Gasteiger partial charge in [-0.25, -0.2) is 4.79 Å². The van der Waals surface area contributed by atoms with E-state index >= 15 is 0 Å². The fraction of sp³-hybridized carbons (Fsp3) is 0.636. The van der Waals surface area contributed by atoms with Crippen LogP contribution in [-0.2, 0) is 6.54 Å². The van der Waals surface area contributed by atoms with Crippen LogP contribution in [-0.4, -0.2) is 43.6 Å². The van der Waals surface area contributed by atoms with Crippen molar-refractivity contribution < 1.29 is 4.79 Å². The van der Waals surface area contributed by atoms with Crippen molar-refractivity contribution in [3.8, 4) is 0 Å². The molecule has 1 aromatic rings. The molecule has 1 aromatic carbocycles. The Morgan fingerprint density at radius 1 is 1.21 bits per heavy atom. The Kier molecular flexibility index (Phi) is 9.66. The van der Waals surface area contributed by atoms with Crippen molar-refractivity contribution in [1.29, 1.82) is 0 Å². The van der Waals surface area contributed by atoms with E-state index in [2.05, 4.69) is 40.9 Å². The average Bonchev–Trinajstić information content (AvgIpc) is 3.25. The topological polar surface area (TPSA) is 68.8 Å². The first kappa shape index (κ1) is 22.1. The zero-order valence-corrected chi connectivity index (χ0v) is 17.8. The Hall–Kier alpha value is -2.24. The summed E-state index contributed by atoms with van der Waals surface area (Å²) in [6.07, 6.45) is 7.16. The molecule has 0 saturated carbocycles. The van der Waals surface area contributed by atoms with Crippen molar-refractivity contribution >= 4 is 17.7 Å². The van der Waals surface area contributed by atoms with E-state index in [1.54, 1.807) is 7.05 Å². The Morgan fingerprint density at radius 2 is 2.00 bits per heavy atom. The lowest BCUT2D eigenvalue weighted by Crippen LogP contribution is -2.39. The van der Waals surface area contributed by atoms with E-state index in [0.717, 1.165) is 49.7 Å². The zero-order valence-electron chi connectivity index (χ0n) is 17.8. The number of carbonyl (C=O) groups excluding carboxylic acids is 1. The molecular weight excluding hydrogens is 350 g/mol. The third-order valence-electron chi connectivity index (χ3n) is 5.36. The lowest BCUT2D eigenvalue weighted by molar-refractivity contribution is 0.222. The number of nitrogens with zero attached hydrogens (tertiary/aromatic N) is 2. The highest BCUT2D eigenvalue weighted by Gasteiger charge is 2.17. The Bertz CT molecular complexity index is 625. The smallest absolute Gasteiger partial charge is 0.321 e. The third kappa shape index (κ3) is 7.41. The Labute approximate surface area is 170 Å². The summed E-state index contributed by atoms with van der Waals surface area (Å²) >= 11 is 0. The fourth-order valence-electron chi connectivity index (χ4n) is 3.47. The van der Waals surface area contributed by atoms with Crippen molar-refractivity contribution in [1.82, 2.24) is 15.5 Å². The summed E-state index contributed by atoms with van der Waals surface area (Å²) in [6.45, 7) is 7.81. The Balaban J connectivity index is 1.81. The number of nitrogens with one attached hydrogen (secondary N) is 3. The first-order valence-electron chi connectivity index (χ1n) is 10.8. The van der Waals surface area contributed by atoms with Crippen LogP contribution in [0.15, 0.2) is 29.3 Å². The second-order valence-electron chi connectivity index (χ2n) is 7.55. The molecule has 6 heteroatoms. The predicted molar refractivity (Wildman–Crippen MR) is 118 cm³/mol. The van der Waals surface area contributed by atoms with Gasteiger partial charge in [0.25, 0.3) is 0 Å². The minimum absolute atomic E-state index is 0.00206. The van der Waals surface area contributed by atoms with Crippen LogP contribution >= 0.6 is 0 Å². The highest BCUT2D eigenvalue weighted by Crippen LogP contribution is 2.14. The van der Waals surface area contributed by atoms with Crippen molar-refractivity contribution in [2.24, 2.45) is 10.9 Å². The van der Waals surface area contributed by atoms with Gasteiger partial charge in [0.15, 0.2) is 5.96 Å². The van der Waals surface area contributed by atoms with Crippen LogP contribution in [0.2, 0.25) is 0 Å². The van der Waals surface area contributed by atoms with Crippen molar-refractivity contribution in [2.45, 2.75) is 58.9 Å². The summed E-state index contributed by atoms with van der Waals surface area (Å²) in [6, 6.07) is 7.99. The molecule has 0 aliphatic carbocycles. The molecular formula is C22H37N5O. The molecule has 2 amide bonds. The van der Waals surface area contributed by atoms with Crippen LogP contribution < -0.4 is 16.0 Å².